The summed E-state index contributed by atoms with van der Waals surface area (Å²) in [6, 6.07) is 18.3. The lowest BCUT2D eigenvalue weighted by molar-refractivity contribution is 0.592. The molecule has 5 heteroatoms. The average Bonchev–Trinajstić information content (AvgIpc) is 2.62. The third kappa shape index (κ3) is 3.94. The Hall–Kier alpha value is -2.95. The quantitative estimate of drug-likeness (QED) is 0.751. The molecular formula is C20H23N5. The summed E-state index contributed by atoms with van der Waals surface area (Å²) in [5.74, 6) is 1.22. The number of nitrogens with one attached hydrogen (secondary N) is 1. The third-order valence-corrected chi connectivity index (χ3v) is 4.01. The highest BCUT2D eigenvalue weighted by molar-refractivity contribution is 5.63. The monoisotopic (exact) mass is 333 g/mol. The minimum atomic E-state index is 0.0233. The zero-order valence-electron chi connectivity index (χ0n) is 15.1. The molecule has 0 fully saturated rings. The van der Waals surface area contributed by atoms with E-state index in [2.05, 4.69) is 47.3 Å². The summed E-state index contributed by atoms with van der Waals surface area (Å²) < 4.78 is 0. The standard InChI is InChI=1S/C20H23N5/c1-20(2,3)16-12-8-9-13-17(16)22-19-23-18(14-21-24-19)25(4)15-10-6-5-7-11-15/h5-14H,1-4H3,(H,22,23,24). The van der Waals surface area contributed by atoms with Gasteiger partial charge in [-0.2, -0.15) is 10.1 Å². The van der Waals surface area contributed by atoms with E-state index < -0.39 is 0 Å². The van der Waals surface area contributed by atoms with Crippen LogP contribution in [0.3, 0.4) is 0 Å². The summed E-state index contributed by atoms with van der Waals surface area (Å²) in [6.07, 6.45) is 1.66. The Morgan fingerprint density at radius 1 is 0.920 bits per heavy atom. The molecule has 0 aliphatic rings. The van der Waals surface area contributed by atoms with E-state index in [0.29, 0.717) is 5.95 Å². The molecule has 0 spiro atoms. The third-order valence-electron chi connectivity index (χ3n) is 4.01. The molecule has 2 aromatic carbocycles. The minimum Gasteiger partial charge on any atom is -0.328 e. The van der Waals surface area contributed by atoms with Gasteiger partial charge in [0.05, 0.1) is 6.20 Å². The highest BCUT2D eigenvalue weighted by Crippen LogP contribution is 2.30. The lowest BCUT2D eigenvalue weighted by Crippen LogP contribution is -2.15. The molecule has 128 valence electrons. The fraction of sp³-hybridized carbons (Fsp3) is 0.250. The first-order chi connectivity index (χ1) is 11.9. The van der Waals surface area contributed by atoms with Crippen molar-refractivity contribution < 1.29 is 0 Å². The summed E-state index contributed by atoms with van der Waals surface area (Å²) in [5.41, 5.74) is 3.27. The maximum atomic E-state index is 4.61. The summed E-state index contributed by atoms with van der Waals surface area (Å²) in [4.78, 5) is 6.59. The maximum Gasteiger partial charge on any atom is 0.249 e. The zero-order chi connectivity index (χ0) is 17.9. The molecule has 1 heterocycles. The number of rotatable bonds is 4. The van der Waals surface area contributed by atoms with E-state index >= 15 is 0 Å². The van der Waals surface area contributed by atoms with Gasteiger partial charge >= 0.3 is 0 Å². The van der Waals surface area contributed by atoms with E-state index in [1.807, 2.05) is 60.5 Å². The topological polar surface area (TPSA) is 53.9 Å². The van der Waals surface area contributed by atoms with E-state index in [1.165, 1.54) is 5.56 Å². The van der Waals surface area contributed by atoms with E-state index in [1.54, 1.807) is 6.20 Å². The van der Waals surface area contributed by atoms with Crippen LogP contribution in [0.1, 0.15) is 26.3 Å². The number of anilines is 4. The Labute approximate surface area is 148 Å². The molecule has 0 saturated heterocycles. The van der Waals surface area contributed by atoms with Crippen molar-refractivity contribution in [2.45, 2.75) is 26.2 Å². The van der Waals surface area contributed by atoms with Crippen molar-refractivity contribution >= 4 is 23.1 Å². The van der Waals surface area contributed by atoms with Crippen LogP contribution in [0.4, 0.5) is 23.1 Å². The van der Waals surface area contributed by atoms with Crippen molar-refractivity contribution in [2.24, 2.45) is 0 Å². The summed E-state index contributed by atoms with van der Waals surface area (Å²) in [7, 11) is 1.96. The molecule has 0 aliphatic carbocycles. The van der Waals surface area contributed by atoms with Gasteiger partial charge in [0.25, 0.3) is 0 Å². The van der Waals surface area contributed by atoms with Gasteiger partial charge in [0.2, 0.25) is 5.95 Å². The van der Waals surface area contributed by atoms with Gasteiger partial charge in [0.1, 0.15) is 0 Å². The second-order valence-corrected chi connectivity index (χ2v) is 6.95. The molecule has 0 saturated carbocycles. The molecule has 3 aromatic rings. The fourth-order valence-electron chi connectivity index (χ4n) is 2.66. The van der Waals surface area contributed by atoms with Crippen LogP contribution in [0, 0.1) is 0 Å². The van der Waals surface area contributed by atoms with Crippen molar-refractivity contribution in [1.29, 1.82) is 0 Å². The number of benzene rings is 2. The van der Waals surface area contributed by atoms with Crippen molar-refractivity contribution in [3.63, 3.8) is 0 Å². The predicted molar refractivity (Wildman–Crippen MR) is 103 cm³/mol. The normalized spacial score (nSPS) is 11.2. The van der Waals surface area contributed by atoms with Crippen LogP contribution in [-0.4, -0.2) is 22.2 Å². The molecule has 0 unspecified atom stereocenters. The Morgan fingerprint density at radius 2 is 1.60 bits per heavy atom. The first-order valence-corrected chi connectivity index (χ1v) is 8.30. The highest BCUT2D eigenvalue weighted by atomic mass is 15.3. The Bertz CT molecular complexity index is 840. The molecule has 5 nitrogen and oxygen atoms in total. The van der Waals surface area contributed by atoms with Gasteiger partial charge in [0.15, 0.2) is 5.82 Å². The molecule has 1 aromatic heterocycles. The van der Waals surface area contributed by atoms with Crippen LogP contribution in [0.2, 0.25) is 0 Å². The number of aromatic nitrogens is 3. The van der Waals surface area contributed by atoms with Crippen molar-refractivity contribution in [2.75, 3.05) is 17.3 Å². The molecule has 0 radical (unpaired) electrons. The van der Waals surface area contributed by atoms with Gasteiger partial charge in [0, 0.05) is 18.4 Å². The van der Waals surface area contributed by atoms with E-state index in [4.69, 9.17) is 0 Å². The van der Waals surface area contributed by atoms with Crippen LogP contribution >= 0.6 is 0 Å². The van der Waals surface area contributed by atoms with Crippen molar-refractivity contribution in [1.82, 2.24) is 15.2 Å². The Morgan fingerprint density at radius 3 is 2.32 bits per heavy atom. The van der Waals surface area contributed by atoms with Crippen LogP contribution in [0.15, 0.2) is 60.8 Å². The van der Waals surface area contributed by atoms with Crippen molar-refractivity contribution in [3.05, 3.63) is 66.4 Å². The first kappa shape index (κ1) is 16.9. The van der Waals surface area contributed by atoms with Crippen LogP contribution in [-0.2, 0) is 5.41 Å². The van der Waals surface area contributed by atoms with Crippen LogP contribution in [0.5, 0.6) is 0 Å². The molecule has 0 atom stereocenters. The highest BCUT2D eigenvalue weighted by Gasteiger charge is 2.18. The summed E-state index contributed by atoms with van der Waals surface area (Å²) in [5, 5.41) is 11.6. The zero-order valence-corrected chi connectivity index (χ0v) is 15.1. The lowest BCUT2D eigenvalue weighted by atomic mass is 9.86. The summed E-state index contributed by atoms with van der Waals surface area (Å²) in [6.45, 7) is 6.56. The van der Waals surface area contributed by atoms with Gasteiger partial charge in [-0.15, -0.1) is 5.10 Å². The SMILES string of the molecule is CN(c1ccccc1)c1cnnc(Nc2ccccc2C(C)(C)C)n1. The molecule has 25 heavy (non-hydrogen) atoms. The second kappa shape index (κ2) is 6.89. The largest absolute Gasteiger partial charge is 0.328 e. The smallest absolute Gasteiger partial charge is 0.249 e. The number of hydrogen-bond acceptors (Lipinski definition) is 5. The second-order valence-electron chi connectivity index (χ2n) is 6.95. The van der Waals surface area contributed by atoms with Gasteiger partial charge in [-0.25, -0.2) is 0 Å². The summed E-state index contributed by atoms with van der Waals surface area (Å²) >= 11 is 0. The molecule has 0 amide bonds. The predicted octanol–water partition coefficient (Wildman–Crippen LogP) is 4.68. The van der Waals surface area contributed by atoms with Crippen LogP contribution < -0.4 is 10.2 Å². The number of hydrogen-bond donors (Lipinski definition) is 1. The van der Waals surface area contributed by atoms with Gasteiger partial charge in [-0.1, -0.05) is 57.2 Å². The fourth-order valence-corrected chi connectivity index (χ4v) is 2.66. The maximum absolute atomic E-state index is 4.61. The Kier molecular flexibility index (Phi) is 4.65. The van der Waals surface area contributed by atoms with Crippen molar-refractivity contribution in [3.8, 4) is 0 Å². The average molecular weight is 333 g/mol. The van der Waals surface area contributed by atoms with E-state index in [0.717, 1.165) is 17.2 Å². The molecule has 1 N–H and O–H groups in total. The van der Waals surface area contributed by atoms with E-state index in [9.17, 15) is 0 Å². The minimum absolute atomic E-state index is 0.0233. The van der Waals surface area contributed by atoms with Gasteiger partial charge in [-0.05, 0) is 29.2 Å². The first-order valence-electron chi connectivity index (χ1n) is 8.30. The molecule has 3 rings (SSSR count). The van der Waals surface area contributed by atoms with Crippen LogP contribution in [0.25, 0.3) is 0 Å². The molecule has 0 aliphatic heterocycles. The van der Waals surface area contributed by atoms with Gasteiger partial charge < -0.3 is 10.2 Å². The Balaban J connectivity index is 1.89. The molecular weight excluding hydrogens is 310 g/mol. The lowest BCUT2D eigenvalue weighted by Gasteiger charge is -2.23. The molecule has 0 bridgehead atoms. The van der Waals surface area contributed by atoms with E-state index in [-0.39, 0.29) is 5.41 Å². The number of para-hydroxylation sites is 2. The number of nitrogens with zero attached hydrogens (tertiary/aromatic N) is 4. The van der Waals surface area contributed by atoms with Gasteiger partial charge in [-0.3, -0.25) is 0 Å².